The number of nitrogens with two attached hydrogens (primary N) is 1. The lowest BCUT2D eigenvalue weighted by Crippen LogP contribution is -2.28. The van der Waals surface area contributed by atoms with Gasteiger partial charge in [0.05, 0.1) is 10.5 Å². The molecular formula is C17H17F3N4OS2. The fourth-order valence-corrected chi connectivity index (χ4v) is 4.60. The summed E-state index contributed by atoms with van der Waals surface area (Å²) in [6.45, 7) is 3.37. The lowest BCUT2D eigenvalue weighted by Gasteiger charge is -2.30. The number of amides is 1. The molecule has 0 radical (unpaired) electrons. The summed E-state index contributed by atoms with van der Waals surface area (Å²) in [6.07, 6.45) is -3.92. The molecule has 0 saturated heterocycles. The van der Waals surface area contributed by atoms with Gasteiger partial charge in [-0.15, -0.1) is 11.3 Å². The number of hydrogen-bond donors (Lipinski definition) is 2. The van der Waals surface area contributed by atoms with Gasteiger partial charge >= 0.3 is 6.18 Å². The summed E-state index contributed by atoms with van der Waals surface area (Å²) < 4.78 is 39.3. The second kappa shape index (κ2) is 7.16. The zero-order valence-corrected chi connectivity index (χ0v) is 16.2. The normalized spacial score (nSPS) is 20.3. The van der Waals surface area contributed by atoms with Crippen LogP contribution in [-0.4, -0.2) is 21.8 Å². The third kappa shape index (κ3) is 4.27. The van der Waals surface area contributed by atoms with Crippen LogP contribution in [0.15, 0.2) is 29.3 Å². The van der Waals surface area contributed by atoms with Gasteiger partial charge in [-0.2, -0.15) is 13.2 Å². The molecule has 0 fully saturated rings. The Morgan fingerprint density at radius 3 is 2.78 bits per heavy atom. The highest BCUT2D eigenvalue weighted by atomic mass is 32.2. The summed E-state index contributed by atoms with van der Waals surface area (Å²) in [6, 6.07) is 6.93. The van der Waals surface area contributed by atoms with Crippen LogP contribution >= 0.6 is 23.1 Å². The highest BCUT2D eigenvalue weighted by Crippen LogP contribution is 2.37. The minimum atomic E-state index is -4.68. The molecule has 0 spiro atoms. The first-order chi connectivity index (χ1) is 12.6. The Kier molecular flexibility index (Phi) is 5.22. The van der Waals surface area contributed by atoms with Crippen molar-refractivity contribution in [3.8, 4) is 0 Å². The molecule has 0 aliphatic carbocycles. The Balaban J connectivity index is 1.88. The molecule has 3 rings (SSSR count). The van der Waals surface area contributed by atoms with Crippen molar-refractivity contribution in [2.75, 3.05) is 11.1 Å². The Morgan fingerprint density at radius 2 is 2.11 bits per heavy atom. The van der Waals surface area contributed by atoms with E-state index in [1.165, 1.54) is 18.7 Å². The number of nitrogens with one attached hydrogen (secondary N) is 1. The van der Waals surface area contributed by atoms with E-state index < -0.39 is 28.2 Å². The van der Waals surface area contributed by atoms with Gasteiger partial charge in [0.1, 0.15) is 4.88 Å². The monoisotopic (exact) mass is 414 g/mol. The number of hydrogen-bond acceptors (Lipinski definition) is 6. The predicted octanol–water partition coefficient (Wildman–Crippen LogP) is 4.39. The molecule has 1 atom stereocenters. The number of rotatable bonds is 3. The lowest BCUT2D eigenvalue weighted by molar-refractivity contribution is -0.141. The van der Waals surface area contributed by atoms with Crippen molar-refractivity contribution in [2.45, 2.75) is 32.0 Å². The number of aromatic nitrogens is 1. The van der Waals surface area contributed by atoms with E-state index in [0.717, 1.165) is 17.7 Å². The molecule has 3 N–H and O–H groups in total. The zero-order chi connectivity index (χ0) is 19.8. The van der Waals surface area contributed by atoms with Crippen LogP contribution in [0.1, 0.15) is 39.3 Å². The molecule has 1 amide bonds. The number of anilines is 1. The van der Waals surface area contributed by atoms with Crippen LogP contribution in [0.2, 0.25) is 0 Å². The van der Waals surface area contributed by atoms with E-state index in [1.807, 2.05) is 13.0 Å². The topological polar surface area (TPSA) is 80.4 Å². The van der Waals surface area contributed by atoms with Gasteiger partial charge < -0.3 is 11.1 Å². The Bertz CT molecular complexity index is 910. The summed E-state index contributed by atoms with van der Waals surface area (Å²) in [5.74, 6) is -0.0187. The standard InChI is InChI=1S/C17H17F3N4OS2/c1-9-22-13(17(18,19)20)12(27-9)14(25)23-11-5-3-4-10(8-11)16(2)6-7-26-15(21)24-16/h3-5,8H,6-7H2,1-2H3,(H2,21,24)(H,23,25)/t16-/m0/s1. The molecule has 2 heterocycles. The van der Waals surface area contributed by atoms with Gasteiger partial charge in [-0.3, -0.25) is 9.79 Å². The van der Waals surface area contributed by atoms with Crippen molar-refractivity contribution in [3.05, 3.63) is 45.4 Å². The number of aryl methyl sites for hydroxylation is 1. The van der Waals surface area contributed by atoms with Crippen molar-refractivity contribution in [2.24, 2.45) is 10.7 Å². The first-order valence-corrected chi connectivity index (χ1v) is 9.83. The summed E-state index contributed by atoms with van der Waals surface area (Å²) in [4.78, 5) is 19.9. The maximum atomic E-state index is 13.1. The molecule has 10 heteroatoms. The second-order valence-electron chi connectivity index (χ2n) is 6.27. The van der Waals surface area contributed by atoms with Gasteiger partial charge in [0.15, 0.2) is 10.9 Å². The minimum absolute atomic E-state index is 0.179. The number of aliphatic imine (C=N–C) groups is 1. The van der Waals surface area contributed by atoms with E-state index in [2.05, 4.69) is 15.3 Å². The molecule has 0 unspecified atom stereocenters. The molecule has 1 aliphatic heterocycles. The van der Waals surface area contributed by atoms with E-state index in [9.17, 15) is 18.0 Å². The van der Waals surface area contributed by atoms with Crippen molar-refractivity contribution < 1.29 is 18.0 Å². The van der Waals surface area contributed by atoms with E-state index in [4.69, 9.17) is 5.73 Å². The van der Waals surface area contributed by atoms with Gasteiger partial charge in [0, 0.05) is 11.4 Å². The van der Waals surface area contributed by atoms with Gasteiger partial charge in [-0.05, 0) is 38.0 Å². The average molecular weight is 414 g/mol. The number of alkyl halides is 3. The van der Waals surface area contributed by atoms with Crippen LogP contribution < -0.4 is 11.1 Å². The van der Waals surface area contributed by atoms with Gasteiger partial charge in [-0.1, -0.05) is 23.9 Å². The Labute approximate surface area is 162 Å². The molecule has 1 aromatic heterocycles. The number of thiazole rings is 1. The number of thioether (sulfide) groups is 1. The smallest absolute Gasteiger partial charge is 0.379 e. The zero-order valence-electron chi connectivity index (χ0n) is 14.6. The van der Waals surface area contributed by atoms with Crippen LogP contribution in [0.4, 0.5) is 18.9 Å². The lowest BCUT2D eigenvalue weighted by atomic mass is 9.89. The van der Waals surface area contributed by atoms with Crippen molar-refractivity contribution >= 4 is 39.9 Å². The highest BCUT2D eigenvalue weighted by Gasteiger charge is 2.39. The molecule has 5 nitrogen and oxygen atoms in total. The summed E-state index contributed by atoms with van der Waals surface area (Å²) >= 11 is 2.20. The van der Waals surface area contributed by atoms with Crippen LogP contribution in [0.3, 0.4) is 0 Å². The Hall–Kier alpha value is -2.07. The number of benzene rings is 1. The van der Waals surface area contributed by atoms with Gasteiger partial charge in [0.25, 0.3) is 5.91 Å². The average Bonchev–Trinajstić information content (AvgIpc) is 2.97. The van der Waals surface area contributed by atoms with Crippen molar-refractivity contribution in [3.63, 3.8) is 0 Å². The fraction of sp³-hybridized carbons (Fsp3) is 0.353. The van der Waals surface area contributed by atoms with E-state index in [-0.39, 0.29) is 5.01 Å². The quantitative estimate of drug-likeness (QED) is 0.781. The summed E-state index contributed by atoms with van der Waals surface area (Å²) in [5.41, 5.74) is 5.37. The van der Waals surface area contributed by atoms with E-state index in [1.54, 1.807) is 18.2 Å². The van der Waals surface area contributed by atoms with Gasteiger partial charge in [-0.25, -0.2) is 4.98 Å². The SMILES string of the molecule is Cc1nc(C(F)(F)F)c(C(=O)Nc2cccc([C@]3(C)CCSC(N)=N3)c2)s1. The van der Waals surface area contributed by atoms with E-state index in [0.29, 0.717) is 22.2 Å². The Morgan fingerprint density at radius 1 is 1.37 bits per heavy atom. The number of nitrogens with zero attached hydrogens (tertiary/aromatic N) is 2. The maximum absolute atomic E-state index is 13.1. The third-order valence-electron chi connectivity index (χ3n) is 4.15. The van der Waals surface area contributed by atoms with Crippen LogP contribution in [0.25, 0.3) is 0 Å². The minimum Gasteiger partial charge on any atom is -0.379 e. The molecule has 2 aromatic rings. The first-order valence-electron chi connectivity index (χ1n) is 8.03. The molecule has 144 valence electrons. The third-order valence-corrected chi connectivity index (χ3v) is 5.91. The molecule has 27 heavy (non-hydrogen) atoms. The first kappa shape index (κ1) is 19.7. The summed E-state index contributed by atoms with van der Waals surface area (Å²) in [7, 11) is 0. The van der Waals surface area contributed by atoms with Gasteiger partial charge in [0.2, 0.25) is 0 Å². The van der Waals surface area contributed by atoms with Crippen LogP contribution in [-0.2, 0) is 11.7 Å². The molecule has 0 bridgehead atoms. The van der Waals surface area contributed by atoms with Crippen LogP contribution in [0, 0.1) is 6.92 Å². The highest BCUT2D eigenvalue weighted by molar-refractivity contribution is 8.13. The molecular weight excluding hydrogens is 397 g/mol. The number of halogens is 3. The van der Waals surface area contributed by atoms with Crippen LogP contribution in [0.5, 0.6) is 0 Å². The number of carbonyl (C=O) groups is 1. The maximum Gasteiger partial charge on any atom is 0.435 e. The molecule has 1 aromatic carbocycles. The number of amidine groups is 1. The fourth-order valence-electron chi connectivity index (χ4n) is 2.79. The second-order valence-corrected chi connectivity index (χ2v) is 8.58. The molecule has 0 saturated carbocycles. The van der Waals surface area contributed by atoms with Crippen molar-refractivity contribution in [1.29, 1.82) is 0 Å². The van der Waals surface area contributed by atoms with Crippen molar-refractivity contribution in [1.82, 2.24) is 4.98 Å². The van der Waals surface area contributed by atoms with E-state index >= 15 is 0 Å². The largest absolute Gasteiger partial charge is 0.435 e. The molecule has 1 aliphatic rings. The predicted molar refractivity (Wildman–Crippen MR) is 102 cm³/mol. The number of carbonyl (C=O) groups excluding carboxylic acids is 1. The summed E-state index contributed by atoms with van der Waals surface area (Å²) in [5, 5.41) is 3.21.